The van der Waals surface area contributed by atoms with Crippen LogP contribution in [0.3, 0.4) is 0 Å². The van der Waals surface area contributed by atoms with Gasteiger partial charge in [-0.15, -0.1) is 0 Å². The molecule has 6 rings (SSSR count). The molecular weight excluding hydrogens is 482 g/mol. The van der Waals surface area contributed by atoms with E-state index in [1.165, 1.54) is 16.7 Å². The highest BCUT2D eigenvalue weighted by Crippen LogP contribution is 2.50. The number of hydrogen-bond acceptors (Lipinski definition) is 5. The maximum absolute atomic E-state index is 13.7. The van der Waals surface area contributed by atoms with Gasteiger partial charge in [0.2, 0.25) is 0 Å². The molecule has 0 saturated carbocycles. The number of amides is 1. The lowest BCUT2D eigenvalue weighted by Crippen LogP contribution is -2.43. The Morgan fingerprint density at radius 1 is 1.08 bits per heavy atom. The van der Waals surface area contributed by atoms with Gasteiger partial charge in [-0.25, -0.2) is 4.98 Å². The summed E-state index contributed by atoms with van der Waals surface area (Å²) in [5.41, 5.74) is 7.78. The highest BCUT2D eigenvalue weighted by Gasteiger charge is 2.48. The van der Waals surface area contributed by atoms with Gasteiger partial charge in [0.05, 0.1) is 6.54 Å². The number of allylic oxidation sites excluding steroid dienone is 1. The minimum atomic E-state index is -0.720. The third-order valence-corrected chi connectivity index (χ3v) is 8.81. The summed E-state index contributed by atoms with van der Waals surface area (Å²) in [7, 11) is 0. The van der Waals surface area contributed by atoms with Gasteiger partial charge in [-0.2, -0.15) is 0 Å². The van der Waals surface area contributed by atoms with Crippen LogP contribution in [0.15, 0.2) is 90.3 Å². The summed E-state index contributed by atoms with van der Waals surface area (Å²) in [6.07, 6.45) is 4.93. The average Bonchev–Trinajstić information content (AvgIpc) is 3.54. The first-order valence-corrected chi connectivity index (χ1v) is 13.8. The lowest BCUT2D eigenvalue weighted by Gasteiger charge is -2.25. The van der Waals surface area contributed by atoms with Crippen LogP contribution in [-0.2, 0) is 23.1 Å². The van der Waals surface area contributed by atoms with Crippen LogP contribution in [0.1, 0.15) is 54.5 Å². The second-order valence-corrected chi connectivity index (χ2v) is 11.0. The van der Waals surface area contributed by atoms with E-state index in [4.69, 9.17) is 4.99 Å². The van der Waals surface area contributed by atoms with Crippen LogP contribution >= 0.6 is 0 Å². The van der Waals surface area contributed by atoms with E-state index >= 15 is 0 Å². The van der Waals surface area contributed by atoms with Gasteiger partial charge >= 0.3 is 0 Å². The molecule has 3 heterocycles. The van der Waals surface area contributed by atoms with Gasteiger partial charge in [-0.3, -0.25) is 14.7 Å². The normalized spacial score (nSPS) is 20.6. The summed E-state index contributed by atoms with van der Waals surface area (Å²) in [4.78, 5) is 25.1. The maximum Gasteiger partial charge on any atom is 0.256 e. The predicted octanol–water partition coefficient (Wildman–Crippen LogP) is 6.14. The number of aliphatic imine (C=N–C) groups is 1. The average molecular weight is 518 g/mol. The van der Waals surface area contributed by atoms with Crippen molar-refractivity contribution >= 4 is 23.2 Å². The lowest BCUT2D eigenvalue weighted by molar-refractivity contribution is -0.131. The molecule has 0 fully saturated rings. The van der Waals surface area contributed by atoms with E-state index in [0.717, 1.165) is 52.7 Å². The third-order valence-electron chi connectivity index (χ3n) is 8.81. The highest BCUT2D eigenvalue weighted by atomic mass is 16.2. The summed E-state index contributed by atoms with van der Waals surface area (Å²) in [5, 5.41) is 6.89. The minimum Gasteiger partial charge on any atom is -0.358 e. The Morgan fingerprint density at radius 2 is 1.85 bits per heavy atom. The number of fused-ring (bicyclic) bond motifs is 3. The van der Waals surface area contributed by atoms with Gasteiger partial charge in [-0.1, -0.05) is 63.4 Å². The van der Waals surface area contributed by atoms with Crippen molar-refractivity contribution in [2.24, 2.45) is 4.99 Å². The summed E-state index contributed by atoms with van der Waals surface area (Å²) in [6, 6.07) is 18.8. The first-order chi connectivity index (χ1) is 18.8. The Hall–Kier alpha value is -4.19. The molecule has 3 aromatic rings. The van der Waals surface area contributed by atoms with Crippen molar-refractivity contribution in [2.45, 2.75) is 57.4 Å². The van der Waals surface area contributed by atoms with Crippen LogP contribution in [-0.4, -0.2) is 33.7 Å². The number of carbonyl (C=O) groups excluding carboxylic acids is 1. The zero-order valence-electron chi connectivity index (χ0n) is 23.0. The van der Waals surface area contributed by atoms with Gasteiger partial charge < -0.3 is 10.6 Å². The van der Waals surface area contributed by atoms with E-state index in [9.17, 15) is 4.79 Å². The molecular formula is C33H35N5O. The van der Waals surface area contributed by atoms with Gasteiger partial charge in [0.1, 0.15) is 17.2 Å². The highest BCUT2D eigenvalue weighted by molar-refractivity contribution is 6.16. The molecule has 1 aliphatic carbocycles. The van der Waals surface area contributed by atoms with Crippen LogP contribution in [0.4, 0.5) is 11.5 Å². The molecule has 198 valence electrons. The maximum atomic E-state index is 13.7. The number of nitrogens with one attached hydrogen (secondary N) is 2. The topological polar surface area (TPSA) is 69.6 Å². The van der Waals surface area contributed by atoms with E-state index in [-0.39, 0.29) is 11.3 Å². The van der Waals surface area contributed by atoms with Crippen LogP contribution in [0.5, 0.6) is 0 Å². The fourth-order valence-electron chi connectivity index (χ4n) is 6.45. The van der Waals surface area contributed by atoms with Crippen molar-refractivity contribution in [1.82, 2.24) is 9.88 Å². The lowest BCUT2D eigenvalue weighted by atomic mass is 9.78. The second-order valence-electron chi connectivity index (χ2n) is 11.0. The molecule has 2 N–H and O–H groups in total. The van der Waals surface area contributed by atoms with E-state index < -0.39 is 5.54 Å². The van der Waals surface area contributed by atoms with E-state index in [0.29, 0.717) is 19.4 Å². The number of aromatic nitrogens is 1. The van der Waals surface area contributed by atoms with E-state index in [1.54, 1.807) is 0 Å². The van der Waals surface area contributed by atoms with Crippen molar-refractivity contribution in [3.05, 3.63) is 113 Å². The van der Waals surface area contributed by atoms with Crippen LogP contribution < -0.4 is 10.6 Å². The molecule has 0 bridgehead atoms. The smallest absolute Gasteiger partial charge is 0.256 e. The Bertz CT molecular complexity index is 1550. The van der Waals surface area contributed by atoms with Crippen LogP contribution in [0.2, 0.25) is 0 Å². The quantitative estimate of drug-likeness (QED) is 0.395. The molecule has 3 aliphatic rings. The first-order valence-electron chi connectivity index (χ1n) is 13.8. The Balaban J connectivity index is 1.23. The van der Waals surface area contributed by atoms with Gasteiger partial charge in [0, 0.05) is 39.8 Å². The number of rotatable bonds is 7. The molecule has 39 heavy (non-hydrogen) atoms. The molecule has 1 spiro atoms. The number of anilines is 2. The standard InChI is InChI=1S/C33H35N5O/c1-6-33(7-2)31(39)38(30(37-33)27-12-9-8-11-21(27)3)20-22(4)35-26-15-14-24-18-32(19-25(24)17-26)23(5)36-29-28(32)13-10-16-34-29/h8-17,35H,4-7,18-20H2,1-3H3,(H,34,36). The molecule has 6 heteroatoms. The number of amidine groups is 1. The fourth-order valence-corrected chi connectivity index (χ4v) is 6.45. The Kier molecular flexibility index (Phi) is 5.94. The largest absolute Gasteiger partial charge is 0.358 e. The number of hydrogen-bond donors (Lipinski definition) is 2. The number of nitrogens with zero attached hydrogens (tertiary/aromatic N) is 3. The molecule has 2 aromatic carbocycles. The van der Waals surface area contributed by atoms with Gasteiger partial charge in [-0.05, 0) is 67.5 Å². The molecule has 1 atom stereocenters. The number of benzene rings is 2. The molecule has 6 nitrogen and oxygen atoms in total. The SMILES string of the molecule is C=C(CN1C(=O)C(CC)(CC)N=C1c1ccccc1C)Nc1ccc2c(c1)CC1(C2)C(=C)Nc2ncccc21. The molecule has 1 unspecified atom stereocenters. The third kappa shape index (κ3) is 3.89. The number of aryl methyl sites for hydroxylation is 1. The predicted molar refractivity (Wildman–Crippen MR) is 158 cm³/mol. The fraction of sp³-hybridized carbons (Fsp3) is 0.303. The zero-order valence-corrected chi connectivity index (χ0v) is 23.0. The van der Waals surface area contributed by atoms with E-state index in [2.05, 4.69) is 66.0 Å². The van der Waals surface area contributed by atoms with Crippen molar-refractivity contribution in [3.8, 4) is 0 Å². The summed E-state index contributed by atoms with van der Waals surface area (Å²) >= 11 is 0. The van der Waals surface area contributed by atoms with Gasteiger partial charge in [0.15, 0.2) is 0 Å². The Labute approximate surface area is 230 Å². The molecule has 1 aromatic heterocycles. The van der Waals surface area contributed by atoms with Gasteiger partial charge in [0.25, 0.3) is 5.91 Å². The molecule has 2 aliphatic heterocycles. The molecule has 1 amide bonds. The van der Waals surface area contributed by atoms with Crippen molar-refractivity contribution in [1.29, 1.82) is 0 Å². The molecule has 0 radical (unpaired) electrons. The summed E-state index contributed by atoms with van der Waals surface area (Å²) in [5.74, 6) is 1.70. The van der Waals surface area contributed by atoms with Crippen LogP contribution in [0, 0.1) is 6.92 Å². The first kappa shape index (κ1) is 25.1. The Morgan fingerprint density at radius 3 is 2.62 bits per heavy atom. The van der Waals surface area contributed by atoms with Crippen molar-refractivity contribution < 1.29 is 4.79 Å². The summed E-state index contributed by atoms with van der Waals surface area (Å²) in [6.45, 7) is 15.2. The van der Waals surface area contributed by atoms with Crippen molar-refractivity contribution in [2.75, 3.05) is 17.2 Å². The zero-order chi connectivity index (χ0) is 27.4. The van der Waals surface area contributed by atoms with E-state index in [1.807, 2.05) is 49.2 Å². The number of carbonyl (C=O) groups is 1. The monoisotopic (exact) mass is 517 g/mol. The molecule has 0 saturated heterocycles. The van der Waals surface area contributed by atoms with Crippen LogP contribution in [0.25, 0.3) is 0 Å². The summed E-state index contributed by atoms with van der Waals surface area (Å²) < 4.78 is 0. The second kappa shape index (κ2) is 9.23. The van der Waals surface area contributed by atoms with Crippen molar-refractivity contribution in [3.63, 3.8) is 0 Å². The minimum absolute atomic E-state index is 0.0455. The number of pyridine rings is 1.